The van der Waals surface area contributed by atoms with Crippen molar-refractivity contribution in [2.45, 2.75) is 62.4 Å². The van der Waals surface area contributed by atoms with Gasteiger partial charge in [0, 0.05) is 38.9 Å². The molecule has 8 nitrogen and oxygen atoms in total. The van der Waals surface area contributed by atoms with E-state index in [1.54, 1.807) is 0 Å². The number of alkyl halides is 3. The molecule has 0 aromatic carbocycles. The van der Waals surface area contributed by atoms with Crippen LogP contribution in [-0.4, -0.2) is 87.4 Å². The lowest BCUT2D eigenvalue weighted by atomic mass is 9.90. The molecule has 12 heteroatoms. The lowest BCUT2D eigenvalue weighted by Crippen LogP contribution is -2.48. The number of nitrogens with one attached hydrogen (secondary N) is 1. The molecule has 3 aliphatic heterocycles. The van der Waals surface area contributed by atoms with Gasteiger partial charge >= 0.3 is 12.1 Å². The third kappa shape index (κ3) is 8.00. The van der Waals surface area contributed by atoms with Crippen LogP contribution < -0.4 is 4.72 Å². The van der Waals surface area contributed by atoms with E-state index >= 15 is 0 Å². The highest BCUT2D eigenvalue weighted by atomic mass is 32.2. The fourth-order valence-corrected chi connectivity index (χ4v) is 4.54. The van der Waals surface area contributed by atoms with Crippen molar-refractivity contribution in [1.29, 1.82) is 0 Å². The topological polar surface area (TPSA) is 105 Å². The van der Waals surface area contributed by atoms with Crippen molar-refractivity contribution < 1.29 is 41.0 Å². The number of halogens is 3. The molecule has 1 spiro atoms. The van der Waals surface area contributed by atoms with Crippen molar-refractivity contribution in [2.24, 2.45) is 0 Å². The first kappa shape index (κ1) is 24.3. The largest absolute Gasteiger partial charge is 0.490 e. The summed E-state index contributed by atoms with van der Waals surface area (Å²) in [5.41, 5.74) is -0.0552. The van der Waals surface area contributed by atoms with E-state index < -0.39 is 22.2 Å². The van der Waals surface area contributed by atoms with Crippen LogP contribution in [0.4, 0.5) is 13.2 Å². The molecule has 29 heavy (non-hydrogen) atoms. The van der Waals surface area contributed by atoms with Gasteiger partial charge in [0.25, 0.3) is 0 Å². The Kier molecular flexibility index (Phi) is 8.31. The normalized spacial score (nSPS) is 29.4. The molecule has 0 saturated carbocycles. The average Bonchev–Trinajstić information content (AvgIpc) is 3.03. The van der Waals surface area contributed by atoms with E-state index in [1.165, 1.54) is 6.26 Å². The summed E-state index contributed by atoms with van der Waals surface area (Å²) in [6, 6.07) is 0.631. The molecule has 3 heterocycles. The quantitative estimate of drug-likeness (QED) is 0.672. The van der Waals surface area contributed by atoms with Crippen LogP contribution in [-0.2, 0) is 24.3 Å². The van der Waals surface area contributed by atoms with Crippen LogP contribution in [0.2, 0.25) is 0 Å². The van der Waals surface area contributed by atoms with Gasteiger partial charge in [0.1, 0.15) is 0 Å². The Bertz CT molecular complexity index is 654. The number of hydrogen-bond acceptors (Lipinski definition) is 6. The minimum Gasteiger partial charge on any atom is -0.475 e. The van der Waals surface area contributed by atoms with Gasteiger partial charge in [0.05, 0.1) is 18.0 Å². The van der Waals surface area contributed by atoms with Gasteiger partial charge in [-0.25, -0.2) is 17.9 Å². The third-order valence-corrected chi connectivity index (χ3v) is 6.13. The molecule has 0 radical (unpaired) electrons. The minimum atomic E-state index is -5.08. The lowest BCUT2D eigenvalue weighted by Gasteiger charge is -2.40. The SMILES string of the molecule is CS(=O)(=O)NC[C@@H]1CCC[C@]2(CCN(C3CCOCC3)C2)O1.O=C(O)C(F)(F)F. The Hall–Kier alpha value is -0.950. The number of rotatable bonds is 4. The van der Waals surface area contributed by atoms with Crippen molar-refractivity contribution in [2.75, 3.05) is 39.1 Å². The monoisotopic (exact) mass is 446 g/mol. The molecule has 0 aromatic rings. The van der Waals surface area contributed by atoms with Crippen molar-refractivity contribution in [3.05, 3.63) is 0 Å². The number of hydrogen-bond donors (Lipinski definition) is 2. The zero-order valence-electron chi connectivity index (χ0n) is 16.4. The highest BCUT2D eigenvalue weighted by molar-refractivity contribution is 7.88. The molecule has 0 aliphatic carbocycles. The maximum atomic E-state index is 11.3. The molecule has 170 valence electrons. The summed E-state index contributed by atoms with van der Waals surface area (Å²) in [6.07, 6.45) is 2.61. The van der Waals surface area contributed by atoms with Crippen LogP contribution >= 0.6 is 0 Å². The summed E-state index contributed by atoms with van der Waals surface area (Å²) in [5.74, 6) is -2.76. The van der Waals surface area contributed by atoms with Gasteiger partial charge in [0.2, 0.25) is 10.0 Å². The molecule has 0 bridgehead atoms. The molecule has 3 fully saturated rings. The zero-order chi connectivity index (χ0) is 21.7. The van der Waals surface area contributed by atoms with Crippen LogP contribution in [0.3, 0.4) is 0 Å². The Labute approximate surface area is 168 Å². The fraction of sp³-hybridized carbons (Fsp3) is 0.941. The molecule has 0 amide bonds. The van der Waals surface area contributed by atoms with Crippen LogP contribution in [0.25, 0.3) is 0 Å². The number of aliphatic carboxylic acids is 1. The number of ether oxygens (including phenoxy) is 2. The molecule has 3 rings (SSSR count). The van der Waals surface area contributed by atoms with E-state index in [0.717, 1.165) is 64.8 Å². The van der Waals surface area contributed by atoms with Crippen molar-refractivity contribution in [3.63, 3.8) is 0 Å². The summed E-state index contributed by atoms with van der Waals surface area (Å²) in [6.45, 7) is 4.23. The predicted molar refractivity (Wildman–Crippen MR) is 98.0 cm³/mol. The Morgan fingerprint density at radius 3 is 2.41 bits per heavy atom. The Morgan fingerprint density at radius 1 is 1.24 bits per heavy atom. The van der Waals surface area contributed by atoms with Gasteiger partial charge in [-0.05, 0) is 38.5 Å². The fourth-order valence-electron chi connectivity index (χ4n) is 4.05. The van der Waals surface area contributed by atoms with Gasteiger partial charge in [-0.2, -0.15) is 13.2 Å². The Balaban J connectivity index is 0.000000370. The first-order valence-electron chi connectivity index (χ1n) is 9.65. The second kappa shape index (κ2) is 9.90. The highest BCUT2D eigenvalue weighted by Crippen LogP contribution is 2.38. The van der Waals surface area contributed by atoms with E-state index in [1.807, 2.05) is 0 Å². The molecule has 3 aliphatic rings. The second-order valence-corrected chi connectivity index (χ2v) is 9.64. The number of nitrogens with zero attached hydrogens (tertiary/aromatic N) is 1. The second-order valence-electron chi connectivity index (χ2n) is 7.80. The summed E-state index contributed by atoms with van der Waals surface area (Å²) in [4.78, 5) is 11.5. The molecule has 2 N–H and O–H groups in total. The van der Waals surface area contributed by atoms with E-state index in [-0.39, 0.29) is 11.7 Å². The van der Waals surface area contributed by atoms with Gasteiger partial charge in [-0.1, -0.05) is 0 Å². The summed E-state index contributed by atoms with van der Waals surface area (Å²) >= 11 is 0. The van der Waals surface area contributed by atoms with E-state index in [0.29, 0.717) is 12.6 Å². The van der Waals surface area contributed by atoms with Gasteiger partial charge in [-0.3, -0.25) is 4.90 Å². The van der Waals surface area contributed by atoms with Crippen LogP contribution in [0.15, 0.2) is 0 Å². The molecular weight excluding hydrogens is 417 g/mol. The van der Waals surface area contributed by atoms with Crippen LogP contribution in [0, 0.1) is 0 Å². The summed E-state index contributed by atoms with van der Waals surface area (Å²) < 4.78 is 68.6. The lowest BCUT2D eigenvalue weighted by molar-refractivity contribution is -0.192. The summed E-state index contributed by atoms with van der Waals surface area (Å²) in [5, 5.41) is 7.12. The maximum absolute atomic E-state index is 11.3. The number of carboxylic acids is 1. The average molecular weight is 446 g/mol. The zero-order valence-corrected chi connectivity index (χ0v) is 17.2. The number of likely N-dealkylation sites (tertiary alicyclic amines) is 1. The molecular formula is C17H29F3N2O6S. The smallest absolute Gasteiger partial charge is 0.475 e. The minimum absolute atomic E-state index is 0.0121. The third-order valence-electron chi connectivity index (χ3n) is 5.44. The van der Waals surface area contributed by atoms with Crippen molar-refractivity contribution in [3.8, 4) is 0 Å². The van der Waals surface area contributed by atoms with Crippen LogP contribution in [0.1, 0.15) is 38.5 Å². The van der Waals surface area contributed by atoms with Crippen molar-refractivity contribution in [1.82, 2.24) is 9.62 Å². The number of carboxylic acid groups (broad SMARTS) is 1. The summed E-state index contributed by atoms with van der Waals surface area (Å²) in [7, 11) is -3.14. The Morgan fingerprint density at radius 2 is 1.86 bits per heavy atom. The number of carbonyl (C=O) groups is 1. The molecule has 0 aromatic heterocycles. The molecule has 2 atom stereocenters. The van der Waals surface area contributed by atoms with Gasteiger partial charge in [-0.15, -0.1) is 0 Å². The molecule has 3 saturated heterocycles. The number of sulfonamides is 1. The van der Waals surface area contributed by atoms with E-state index in [2.05, 4.69) is 9.62 Å². The van der Waals surface area contributed by atoms with Gasteiger partial charge in [0.15, 0.2) is 0 Å². The van der Waals surface area contributed by atoms with Crippen LogP contribution in [0.5, 0.6) is 0 Å². The predicted octanol–water partition coefficient (Wildman–Crippen LogP) is 1.36. The van der Waals surface area contributed by atoms with E-state index in [4.69, 9.17) is 19.4 Å². The first-order valence-corrected chi connectivity index (χ1v) is 11.5. The van der Waals surface area contributed by atoms with Gasteiger partial charge < -0.3 is 14.6 Å². The maximum Gasteiger partial charge on any atom is 0.490 e. The standard InChI is InChI=1S/C15H28N2O4S.C2HF3O2/c1-22(18,19)16-11-14-3-2-6-15(21-14)7-8-17(12-15)13-4-9-20-10-5-13;3-2(4,5)1(6)7/h13-14,16H,2-12H2,1H3;(H,6,7)/t14-,15+;/m0./s1. The molecule has 0 unspecified atom stereocenters. The van der Waals surface area contributed by atoms with E-state index in [9.17, 15) is 21.6 Å². The highest BCUT2D eigenvalue weighted by Gasteiger charge is 2.44. The first-order chi connectivity index (χ1) is 13.4. The van der Waals surface area contributed by atoms with Crippen molar-refractivity contribution >= 4 is 16.0 Å².